The van der Waals surface area contributed by atoms with Crippen molar-refractivity contribution in [1.29, 1.82) is 0 Å². The smallest absolute Gasteiger partial charge is 0.334 e. The summed E-state index contributed by atoms with van der Waals surface area (Å²) in [5.74, 6) is -1.48. The van der Waals surface area contributed by atoms with E-state index < -0.39 is 18.0 Å². The van der Waals surface area contributed by atoms with Crippen LogP contribution in [0.15, 0.2) is 0 Å². The Hall–Kier alpha value is -1.10. The number of ether oxygens (including phenoxy) is 2. The number of methoxy groups -OCH3 is 1. The lowest BCUT2D eigenvalue weighted by Crippen LogP contribution is -2.40. The van der Waals surface area contributed by atoms with Gasteiger partial charge in [0.15, 0.2) is 0 Å². The van der Waals surface area contributed by atoms with Crippen LogP contribution in [0.3, 0.4) is 0 Å². The minimum absolute atomic E-state index is 0.315. The molecule has 17 heavy (non-hydrogen) atoms. The van der Waals surface area contributed by atoms with Crippen molar-refractivity contribution >= 4 is 11.9 Å². The van der Waals surface area contributed by atoms with Gasteiger partial charge in [0.2, 0.25) is 6.04 Å². The molecule has 5 heteroatoms. The summed E-state index contributed by atoms with van der Waals surface area (Å²) in [7, 11) is 1.18. The standard InChI is InChI=1S/C12H23NO4/c1-3-4-5-6-7-8-9-17-12(15)10(13)11(14)16-2/h10H,3-9,13H2,1-2H3. The molecule has 1 unspecified atom stereocenters. The van der Waals surface area contributed by atoms with Crippen molar-refractivity contribution in [3.63, 3.8) is 0 Å². The zero-order valence-corrected chi connectivity index (χ0v) is 10.7. The highest BCUT2D eigenvalue weighted by atomic mass is 16.5. The fraction of sp³-hybridized carbons (Fsp3) is 0.833. The van der Waals surface area contributed by atoms with Crippen LogP contribution in [0.4, 0.5) is 0 Å². The molecule has 5 nitrogen and oxygen atoms in total. The number of hydrogen-bond acceptors (Lipinski definition) is 5. The molecule has 0 aliphatic rings. The van der Waals surface area contributed by atoms with E-state index >= 15 is 0 Å². The molecule has 0 rings (SSSR count). The highest BCUT2D eigenvalue weighted by Gasteiger charge is 2.23. The molecule has 0 radical (unpaired) electrons. The maximum atomic E-state index is 11.2. The number of carbonyl (C=O) groups excluding carboxylic acids is 2. The number of unbranched alkanes of at least 4 members (excludes halogenated alkanes) is 5. The third kappa shape index (κ3) is 7.74. The van der Waals surface area contributed by atoms with Crippen molar-refractivity contribution < 1.29 is 19.1 Å². The van der Waals surface area contributed by atoms with Crippen LogP contribution in [0.25, 0.3) is 0 Å². The summed E-state index contributed by atoms with van der Waals surface area (Å²) in [6.07, 6.45) is 6.65. The molecule has 0 amide bonds. The number of carbonyl (C=O) groups is 2. The first-order chi connectivity index (χ1) is 8.13. The van der Waals surface area contributed by atoms with E-state index in [1.807, 2.05) is 0 Å². The number of hydrogen-bond donors (Lipinski definition) is 1. The van der Waals surface area contributed by atoms with E-state index in [1.54, 1.807) is 0 Å². The van der Waals surface area contributed by atoms with E-state index in [-0.39, 0.29) is 0 Å². The van der Waals surface area contributed by atoms with Gasteiger partial charge >= 0.3 is 11.9 Å². The first-order valence-electron chi connectivity index (χ1n) is 6.13. The van der Waals surface area contributed by atoms with Gasteiger partial charge in [0.25, 0.3) is 0 Å². The first-order valence-corrected chi connectivity index (χ1v) is 6.13. The Labute approximate surface area is 103 Å². The quantitative estimate of drug-likeness (QED) is 0.377. The van der Waals surface area contributed by atoms with Crippen molar-refractivity contribution in [2.24, 2.45) is 5.73 Å². The lowest BCUT2D eigenvalue weighted by atomic mass is 10.1. The lowest BCUT2D eigenvalue weighted by molar-refractivity contribution is -0.155. The highest BCUT2D eigenvalue weighted by Crippen LogP contribution is 2.05. The van der Waals surface area contributed by atoms with Crippen LogP contribution < -0.4 is 5.73 Å². The molecule has 100 valence electrons. The molecule has 0 spiro atoms. The predicted molar refractivity (Wildman–Crippen MR) is 64.3 cm³/mol. The average Bonchev–Trinajstić information content (AvgIpc) is 2.35. The van der Waals surface area contributed by atoms with Crippen molar-refractivity contribution in [2.45, 2.75) is 51.5 Å². The second kappa shape index (κ2) is 10.1. The summed E-state index contributed by atoms with van der Waals surface area (Å²) in [5, 5.41) is 0. The number of esters is 2. The molecule has 0 saturated heterocycles. The van der Waals surface area contributed by atoms with Crippen LogP contribution in [0.1, 0.15) is 45.4 Å². The summed E-state index contributed by atoms with van der Waals surface area (Å²) < 4.78 is 9.21. The van der Waals surface area contributed by atoms with Crippen molar-refractivity contribution in [3.8, 4) is 0 Å². The maximum absolute atomic E-state index is 11.2. The van der Waals surface area contributed by atoms with Crippen molar-refractivity contribution in [1.82, 2.24) is 0 Å². The van der Waals surface area contributed by atoms with Gasteiger partial charge in [-0.3, -0.25) is 0 Å². The first kappa shape index (κ1) is 15.9. The van der Waals surface area contributed by atoms with Gasteiger partial charge < -0.3 is 15.2 Å². The Bertz CT molecular complexity index is 231. The number of rotatable bonds is 9. The summed E-state index contributed by atoms with van der Waals surface area (Å²) >= 11 is 0. The SMILES string of the molecule is CCCCCCCCOC(=O)C(N)C(=O)OC. The molecule has 0 aliphatic carbocycles. The summed E-state index contributed by atoms with van der Waals surface area (Å²) in [4.78, 5) is 22.1. The molecule has 0 saturated carbocycles. The van der Waals surface area contributed by atoms with Gasteiger partial charge in [-0.05, 0) is 6.42 Å². The normalized spacial score (nSPS) is 11.9. The molecule has 0 heterocycles. The molecule has 2 N–H and O–H groups in total. The molecule has 0 aliphatic heterocycles. The van der Waals surface area contributed by atoms with Gasteiger partial charge in [-0.1, -0.05) is 39.0 Å². The van der Waals surface area contributed by atoms with Crippen LogP contribution >= 0.6 is 0 Å². The molecule has 0 bridgehead atoms. The topological polar surface area (TPSA) is 78.6 Å². The Morgan fingerprint density at radius 2 is 1.65 bits per heavy atom. The zero-order valence-electron chi connectivity index (χ0n) is 10.7. The third-order valence-corrected chi connectivity index (χ3v) is 2.45. The van der Waals surface area contributed by atoms with Gasteiger partial charge in [-0.2, -0.15) is 0 Å². The van der Waals surface area contributed by atoms with Gasteiger partial charge in [0.05, 0.1) is 13.7 Å². The highest BCUT2D eigenvalue weighted by molar-refractivity contribution is 5.98. The third-order valence-electron chi connectivity index (χ3n) is 2.45. The minimum Gasteiger partial charge on any atom is -0.467 e. The summed E-state index contributed by atoms with van der Waals surface area (Å²) in [6.45, 7) is 2.48. The zero-order chi connectivity index (χ0) is 13.1. The Morgan fingerprint density at radius 1 is 1.06 bits per heavy atom. The molecule has 0 fully saturated rings. The van der Waals surface area contributed by atoms with Gasteiger partial charge in [0.1, 0.15) is 0 Å². The monoisotopic (exact) mass is 245 g/mol. The second-order valence-corrected chi connectivity index (χ2v) is 3.94. The van der Waals surface area contributed by atoms with Crippen molar-refractivity contribution in [3.05, 3.63) is 0 Å². The number of nitrogens with two attached hydrogens (primary N) is 1. The van der Waals surface area contributed by atoms with E-state index in [4.69, 9.17) is 10.5 Å². The van der Waals surface area contributed by atoms with E-state index in [0.717, 1.165) is 19.3 Å². The molecule has 0 aromatic heterocycles. The maximum Gasteiger partial charge on any atom is 0.334 e. The average molecular weight is 245 g/mol. The molecule has 0 aromatic carbocycles. The minimum atomic E-state index is -1.32. The van der Waals surface area contributed by atoms with Gasteiger partial charge in [-0.15, -0.1) is 0 Å². The van der Waals surface area contributed by atoms with E-state index in [0.29, 0.717) is 6.61 Å². The van der Waals surface area contributed by atoms with Crippen LogP contribution in [0, 0.1) is 0 Å². The molecule has 1 atom stereocenters. The van der Waals surface area contributed by atoms with Crippen LogP contribution in [0.2, 0.25) is 0 Å². The fourth-order valence-electron chi connectivity index (χ4n) is 1.37. The Balaban J connectivity index is 3.48. The van der Waals surface area contributed by atoms with Gasteiger partial charge in [-0.25, -0.2) is 9.59 Å². The fourth-order valence-corrected chi connectivity index (χ4v) is 1.37. The molecular formula is C12H23NO4. The largest absolute Gasteiger partial charge is 0.467 e. The van der Waals surface area contributed by atoms with Crippen LogP contribution in [0.5, 0.6) is 0 Å². The van der Waals surface area contributed by atoms with Crippen LogP contribution in [-0.2, 0) is 19.1 Å². The summed E-state index contributed by atoms with van der Waals surface area (Å²) in [5.41, 5.74) is 5.30. The molecule has 0 aromatic rings. The van der Waals surface area contributed by atoms with Crippen LogP contribution in [-0.4, -0.2) is 31.7 Å². The predicted octanol–water partition coefficient (Wildman–Crippen LogP) is 1.39. The second-order valence-electron chi connectivity index (χ2n) is 3.94. The lowest BCUT2D eigenvalue weighted by Gasteiger charge is -2.09. The van der Waals surface area contributed by atoms with E-state index in [2.05, 4.69) is 11.7 Å². The Kier molecular flexibility index (Phi) is 9.43. The Morgan fingerprint density at radius 3 is 2.24 bits per heavy atom. The van der Waals surface area contributed by atoms with Crippen molar-refractivity contribution in [2.75, 3.05) is 13.7 Å². The summed E-state index contributed by atoms with van der Waals surface area (Å²) in [6, 6.07) is -1.32. The van der Waals surface area contributed by atoms with E-state index in [9.17, 15) is 9.59 Å². The van der Waals surface area contributed by atoms with E-state index in [1.165, 1.54) is 26.4 Å². The molecular weight excluding hydrogens is 222 g/mol. The van der Waals surface area contributed by atoms with Gasteiger partial charge in [0, 0.05) is 0 Å².